The summed E-state index contributed by atoms with van der Waals surface area (Å²) in [5.41, 5.74) is 0. The fraction of sp³-hybridized carbons (Fsp3) is 0.786. The summed E-state index contributed by atoms with van der Waals surface area (Å²) >= 11 is 0. The number of nitrogens with one attached hydrogen (secondary N) is 1. The number of rotatable bonds is 4. The minimum Gasteiger partial charge on any atom is -0.341 e. The Balaban J connectivity index is 1.82. The summed E-state index contributed by atoms with van der Waals surface area (Å²) in [7, 11) is 0. The third kappa shape index (κ3) is 3.32. The normalized spacial score (nSPS) is 29.4. The van der Waals surface area contributed by atoms with Crippen LogP contribution in [0, 0.1) is 5.92 Å². The molecule has 1 amide bonds. The summed E-state index contributed by atoms with van der Waals surface area (Å²) in [6, 6.07) is 0.454. The van der Waals surface area contributed by atoms with Crippen molar-refractivity contribution in [3.63, 3.8) is 0 Å². The second-order valence-electron chi connectivity index (χ2n) is 5.60. The Bertz CT molecular complexity index is 299. The summed E-state index contributed by atoms with van der Waals surface area (Å²) in [6.45, 7) is 6.09. The topological polar surface area (TPSA) is 32.3 Å². The Kier molecular flexibility index (Phi) is 4.21. The maximum absolute atomic E-state index is 12.2. The van der Waals surface area contributed by atoms with Crippen LogP contribution < -0.4 is 5.32 Å². The molecule has 1 aliphatic carbocycles. The first-order valence-corrected chi connectivity index (χ1v) is 6.86. The molecule has 96 valence electrons. The molecule has 1 N–H and O–H groups in total. The molecular formula is C14H24N2O. The fourth-order valence-electron chi connectivity index (χ4n) is 2.81. The summed E-state index contributed by atoms with van der Waals surface area (Å²) in [4.78, 5) is 14.2. The van der Waals surface area contributed by atoms with Crippen molar-refractivity contribution >= 4 is 5.91 Å². The minimum absolute atomic E-state index is 0.0640. The third-order valence-electron chi connectivity index (χ3n) is 3.69. The zero-order chi connectivity index (χ0) is 12.3. The molecule has 0 radical (unpaired) electrons. The maximum atomic E-state index is 12.2. The van der Waals surface area contributed by atoms with Gasteiger partial charge in [-0.15, -0.1) is 0 Å². The van der Waals surface area contributed by atoms with E-state index < -0.39 is 0 Å². The molecule has 0 bridgehead atoms. The van der Waals surface area contributed by atoms with Crippen molar-refractivity contribution < 1.29 is 4.79 Å². The first-order valence-electron chi connectivity index (χ1n) is 6.86. The molecule has 2 atom stereocenters. The van der Waals surface area contributed by atoms with Gasteiger partial charge in [-0.05, 0) is 31.6 Å². The largest absolute Gasteiger partial charge is 0.341 e. The molecule has 17 heavy (non-hydrogen) atoms. The Hall–Kier alpha value is -0.830. The van der Waals surface area contributed by atoms with Crippen LogP contribution in [0.25, 0.3) is 0 Å². The van der Waals surface area contributed by atoms with Crippen LogP contribution in [0.4, 0.5) is 0 Å². The zero-order valence-electron chi connectivity index (χ0n) is 11.0. The number of carbonyl (C=O) groups is 1. The van der Waals surface area contributed by atoms with Crippen molar-refractivity contribution in [2.24, 2.45) is 5.92 Å². The second kappa shape index (κ2) is 5.67. The highest BCUT2D eigenvalue weighted by Crippen LogP contribution is 2.22. The predicted octanol–water partition coefficient (Wildman–Crippen LogP) is 1.94. The Morgan fingerprint density at radius 3 is 2.88 bits per heavy atom. The predicted molar refractivity (Wildman–Crippen MR) is 69.7 cm³/mol. The molecule has 1 heterocycles. The van der Waals surface area contributed by atoms with E-state index in [4.69, 9.17) is 0 Å². The van der Waals surface area contributed by atoms with E-state index in [-0.39, 0.29) is 6.04 Å². The lowest BCUT2D eigenvalue weighted by atomic mass is 9.94. The van der Waals surface area contributed by atoms with Crippen LogP contribution in [0.15, 0.2) is 12.2 Å². The van der Waals surface area contributed by atoms with Crippen LogP contribution in [-0.4, -0.2) is 36.0 Å². The molecule has 1 fully saturated rings. The molecule has 3 nitrogen and oxygen atoms in total. The summed E-state index contributed by atoms with van der Waals surface area (Å²) < 4.78 is 0. The average molecular weight is 236 g/mol. The number of likely N-dealkylation sites (tertiary alicyclic amines) is 1. The van der Waals surface area contributed by atoms with Crippen molar-refractivity contribution in [3.8, 4) is 0 Å². The van der Waals surface area contributed by atoms with E-state index in [0.29, 0.717) is 17.9 Å². The molecule has 1 saturated heterocycles. The monoisotopic (exact) mass is 236 g/mol. The van der Waals surface area contributed by atoms with Crippen LogP contribution >= 0.6 is 0 Å². The zero-order valence-corrected chi connectivity index (χ0v) is 11.0. The van der Waals surface area contributed by atoms with Crippen molar-refractivity contribution in [2.75, 3.05) is 13.1 Å². The van der Waals surface area contributed by atoms with Gasteiger partial charge in [-0.25, -0.2) is 0 Å². The van der Waals surface area contributed by atoms with Gasteiger partial charge in [0.2, 0.25) is 5.91 Å². The molecular weight excluding hydrogens is 212 g/mol. The molecule has 2 unspecified atom stereocenters. The number of nitrogens with zero attached hydrogens (tertiary/aromatic N) is 1. The number of amides is 1. The smallest absolute Gasteiger partial charge is 0.239 e. The van der Waals surface area contributed by atoms with E-state index in [0.717, 1.165) is 25.9 Å². The van der Waals surface area contributed by atoms with Gasteiger partial charge in [0.15, 0.2) is 0 Å². The molecule has 0 spiro atoms. The summed E-state index contributed by atoms with van der Waals surface area (Å²) in [6.07, 6.45) is 9.05. The molecule has 0 aromatic heterocycles. The van der Waals surface area contributed by atoms with Gasteiger partial charge >= 0.3 is 0 Å². The van der Waals surface area contributed by atoms with Crippen LogP contribution in [0.2, 0.25) is 0 Å². The molecule has 0 aromatic carbocycles. The van der Waals surface area contributed by atoms with Crippen LogP contribution in [0.1, 0.15) is 39.5 Å². The van der Waals surface area contributed by atoms with Crippen molar-refractivity contribution in [1.82, 2.24) is 10.2 Å². The number of hydrogen-bond acceptors (Lipinski definition) is 2. The van der Waals surface area contributed by atoms with Crippen molar-refractivity contribution in [2.45, 2.75) is 51.6 Å². The third-order valence-corrected chi connectivity index (χ3v) is 3.69. The molecule has 2 aliphatic rings. The number of allylic oxidation sites excluding steroid dienone is 2. The van der Waals surface area contributed by atoms with Gasteiger partial charge in [-0.1, -0.05) is 26.0 Å². The minimum atomic E-state index is 0.0640. The Labute approximate surface area is 104 Å². The Morgan fingerprint density at radius 1 is 1.41 bits per heavy atom. The highest BCUT2D eigenvalue weighted by molar-refractivity contribution is 5.84. The summed E-state index contributed by atoms with van der Waals surface area (Å²) in [5, 5.41) is 3.35. The van der Waals surface area contributed by atoms with E-state index in [1.807, 2.05) is 0 Å². The molecule has 0 aromatic rings. The molecule has 3 heteroatoms. The summed E-state index contributed by atoms with van der Waals surface area (Å²) in [5.74, 6) is 0.995. The average Bonchev–Trinajstić information content (AvgIpc) is 2.62. The first-order chi connectivity index (χ1) is 8.16. The molecule has 1 aliphatic heterocycles. The highest BCUT2D eigenvalue weighted by Gasteiger charge is 2.32. The van der Waals surface area contributed by atoms with Gasteiger partial charge in [0.25, 0.3) is 0 Å². The number of carbonyl (C=O) groups excluding carboxylic acids is 1. The van der Waals surface area contributed by atoms with Gasteiger partial charge in [0, 0.05) is 19.1 Å². The lowest BCUT2D eigenvalue weighted by Crippen LogP contribution is -2.42. The van der Waals surface area contributed by atoms with Gasteiger partial charge in [-0.3, -0.25) is 4.79 Å². The lowest BCUT2D eigenvalue weighted by molar-refractivity contribution is -0.130. The quantitative estimate of drug-likeness (QED) is 0.757. The van der Waals surface area contributed by atoms with Crippen molar-refractivity contribution in [1.29, 1.82) is 0 Å². The number of hydrogen-bond donors (Lipinski definition) is 1. The van der Waals surface area contributed by atoms with Crippen LogP contribution in [0.3, 0.4) is 0 Å². The van der Waals surface area contributed by atoms with Gasteiger partial charge in [0.1, 0.15) is 0 Å². The first kappa shape index (κ1) is 12.6. The Morgan fingerprint density at radius 2 is 2.24 bits per heavy atom. The molecule has 0 saturated carbocycles. The lowest BCUT2D eigenvalue weighted by Gasteiger charge is -2.25. The fourth-order valence-corrected chi connectivity index (χ4v) is 2.81. The van der Waals surface area contributed by atoms with E-state index in [1.165, 1.54) is 12.8 Å². The van der Waals surface area contributed by atoms with E-state index in [9.17, 15) is 4.79 Å². The van der Waals surface area contributed by atoms with Gasteiger partial charge in [-0.2, -0.15) is 0 Å². The molecule has 2 rings (SSSR count). The van der Waals surface area contributed by atoms with Crippen LogP contribution in [-0.2, 0) is 4.79 Å². The second-order valence-corrected chi connectivity index (χ2v) is 5.60. The van der Waals surface area contributed by atoms with Crippen molar-refractivity contribution in [3.05, 3.63) is 12.2 Å². The van der Waals surface area contributed by atoms with E-state index >= 15 is 0 Å². The van der Waals surface area contributed by atoms with E-state index in [2.05, 4.69) is 36.2 Å². The van der Waals surface area contributed by atoms with Gasteiger partial charge in [0.05, 0.1) is 6.04 Å². The van der Waals surface area contributed by atoms with E-state index in [1.54, 1.807) is 0 Å². The maximum Gasteiger partial charge on any atom is 0.239 e. The highest BCUT2D eigenvalue weighted by atomic mass is 16.2. The SMILES string of the molecule is CC(C)NC1CCN(CC2CC=CCC2)C1=O. The van der Waals surface area contributed by atoms with Crippen LogP contribution in [0.5, 0.6) is 0 Å². The standard InChI is InChI=1S/C14H24N2O/c1-11(2)15-13-8-9-16(14(13)17)10-12-6-4-3-5-7-12/h3-4,11-13,15H,5-10H2,1-2H3. The van der Waals surface area contributed by atoms with Gasteiger partial charge < -0.3 is 10.2 Å².